The van der Waals surface area contributed by atoms with Gasteiger partial charge in [-0.1, -0.05) is 6.42 Å². The van der Waals surface area contributed by atoms with Crippen molar-refractivity contribution in [3.8, 4) is 0 Å². The highest BCUT2D eigenvalue weighted by atomic mass is 32.2. The van der Waals surface area contributed by atoms with E-state index in [0.29, 0.717) is 19.4 Å². The summed E-state index contributed by atoms with van der Waals surface area (Å²) in [5, 5.41) is 0.131. The molecule has 1 unspecified atom stereocenters. The first-order valence-electron chi connectivity index (χ1n) is 6.08. The number of rotatable bonds is 5. The second kappa shape index (κ2) is 7.58. The van der Waals surface area contributed by atoms with Gasteiger partial charge in [0.25, 0.3) is 0 Å². The first-order valence-corrected chi connectivity index (χ1v) is 7.13. The smallest absolute Gasteiger partial charge is 0.305 e. The third-order valence-electron chi connectivity index (χ3n) is 2.93. The lowest BCUT2D eigenvalue weighted by atomic mass is 10.1. The number of ether oxygens (including phenoxy) is 1. The minimum Gasteiger partial charge on any atom is -0.469 e. The molecule has 17 heavy (non-hydrogen) atoms. The van der Waals surface area contributed by atoms with Crippen LogP contribution in [0.5, 0.6) is 0 Å². The molecule has 0 aromatic carbocycles. The van der Waals surface area contributed by atoms with Crippen molar-refractivity contribution in [2.75, 3.05) is 26.5 Å². The van der Waals surface area contributed by atoms with E-state index in [0.717, 1.165) is 18.6 Å². The van der Waals surface area contributed by atoms with E-state index in [1.807, 2.05) is 7.05 Å². The van der Waals surface area contributed by atoms with E-state index in [2.05, 4.69) is 4.74 Å². The van der Waals surface area contributed by atoms with E-state index < -0.39 is 0 Å². The summed E-state index contributed by atoms with van der Waals surface area (Å²) in [6.07, 6.45) is 4.42. The molecular formula is C12H21NO3S. The summed E-state index contributed by atoms with van der Waals surface area (Å²) in [7, 11) is 3.20. The van der Waals surface area contributed by atoms with Crippen LogP contribution in [0.15, 0.2) is 0 Å². The number of thioether (sulfide) groups is 1. The highest BCUT2D eigenvalue weighted by Gasteiger charge is 2.24. The molecule has 0 aromatic rings. The van der Waals surface area contributed by atoms with Gasteiger partial charge in [-0.25, -0.2) is 0 Å². The maximum atomic E-state index is 12.0. The predicted molar refractivity (Wildman–Crippen MR) is 69.0 cm³/mol. The van der Waals surface area contributed by atoms with Gasteiger partial charge in [0, 0.05) is 20.0 Å². The van der Waals surface area contributed by atoms with Crippen LogP contribution in [0.25, 0.3) is 0 Å². The third kappa shape index (κ3) is 4.98. The Kier molecular flexibility index (Phi) is 6.40. The number of methoxy groups -OCH3 is 1. The second-order valence-corrected chi connectivity index (χ2v) is 5.61. The summed E-state index contributed by atoms with van der Waals surface area (Å²) < 4.78 is 4.56. The lowest BCUT2D eigenvalue weighted by molar-refractivity contribution is -0.141. The Morgan fingerprint density at radius 3 is 2.76 bits per heavy atom. The Hall–Kier alpha value is -0.710. The van der Waals surface area contributed by atoms with Crippen LogP contribution in [0.1, 0.15) is 32.1 Å². The van der Waals surface area contributed by atoms with Gasteiger partial charge < -0.3 is 9.64 Å². The fourth-order valence-electron chi connectivity index (χ4n) is 1.85. The van der Waals surface area contributed by atoms with Gasteiger partial charge in [0.05, 0.1) is 12.4 Å². The van der Waals surface area contributed by atoms with Crippen LogP contribution in [0.2, 0.25) is 0 Å². The van der Waals surface area contributed by atoms with Gasteiger partial charge in [-0.3, -0.25) is 9.59 Å². The molecule has 0 saturated carbocycles. The predicted octanol–water partition coefficient (Wildman–Crippen LogP) is 1.68. The largest absolute Gasteiger partial charge is 0.469 e. The van der Waals surface area contributed by atoms with Crippen molar-refractivity contribution in [2.24, 2.45) is 0 Å². The molecule has 0 aliphatic carbocycles. The molecule has 1 amide bonds. The van der Waals surface area contributed by atoms with Crippen LogP contribution in [-0.4, -0.2) is 48.5 Å². The molecular weight excluding hydrogens is 238 g/mol. The maximum absolute atomic E-state index is 12.0. The van der Waals surface area contributed by atoms with Crippen molar-refractivity contribution in [3.63, 3.8) is 0 Å². The van der Waals surface area contributed by atoms with Crippen LogP contribution >= 0.6 is 11.8 Å². The molecule has 1 aliphatic rings. The van der Waals surface area contributed by atoms with Crippen LogP contribution in [0.3, 0.4) is 0 Å². The van der Waals surface area contributed by atoms with E-state index in [-0.39, 0.29) is 17.1 Å². The molecule has 1 rings (SSSR count). The van der Waals surface area contributed by atoms with E-state index >= 15 is 0 Å². The van der Waals surface area contributed by atoms with E-state index in [1.54, 1.807) is 16.7 Å². The van der Waals surface area contributed by atoms with Crippen molar-refractivity contribution >= 4 is 23.6 Å². The minimum atomic E-state index is -0.210. The Balaban J connectivity index is 2.23. The normalized spacial score (nSPS) is 19.8. The quantitative estimate of drug-likeness (QED) is 0.705. The van der Waals surface area contributed by atoms with Gasteiger partial charge in [-0.2, -0.15) is 0 Å². The summed E-state index contributed by atoms with van der Waals surface area (Å²) in [6, 6.07) is 0. The van der Waals surface area contributed by atoms with E-state index in [9.17, 15) is 9.59 Å². The molecule has 1 aliphatic heterocycles. The van der Waals surface area contributed by atoms with Crippen LogP contribution < -0.4 is 0 Å². The zero-order valence-corrected chi connectivity index (χ0v) is 11.4. The van der Waals surface area contributed by atoms with Crippen molar-refractivity contribution in [3.05, 3.63) is 0 Å². The average molecular weight is 259 g/mol. The zero-order chi connectivity index (χ0) is 12.7. The lowest BCUT2D eigenvalue weighted by Crippen LogP contribution is -2.36. The Bertz CT molecular complexity index is 264. The fraction of sp³-hybridized carbons (Fsp3) is 0.833. The SMILES string of the molecule is COC(=O)CCCN(C)C(=O)C1CCCCS1. The van der Waals surface area contributed by atoms with Crippen LogP contribution in [0, 0.1) is 0 Å². The molecule has 98 valence electrons. The Labute approximate surface area is 107 Å². The van der Waals surface area contributed by atoms with E-state index in [4.69, 9.17) is 0 Å². The highest BCUT2D eigenvalue weighted by molar-refractivity contribution is 8.00. The minimum absolute atomic E-state index is 0.131. The number of carbonyl (C=O) groups excluding carboxylic acids is 2. The highest BCUT2D eigenvalue weighted by Crippen LogP contribution is 2.26. The van der Waals surface area contributed by atoms with Gasteiger partial charge in [-0.05, 0) is 25.0 Å². The average Bonchev–Trinajstić information content (AvgIpc) is 2.38. The van der Waals surface area contributed by atoms with Gasteiger partial charge in [0.2, 0.25) is 5.91 Å². The number of carbonyl (C=O) groups is 2. The molecule has 1 fully saturated rings. The fourth-order valence-corrected chi connectivity index (χ4v) is 3.17. The zero-order valence-electron chi connectivity index (χ0n) is 10.6. The molecule has 0 N–H and O–H groups in total. The van der Waals surface area contributed by atoms with Gasteiger partial charge in [-0.15, -0.1) is 11.8 Å². The monoisotopic (exact) mass is 259 g/mol. The number of nitrogens with zero attached hydrogens (tertiary/aromatic N) is 1. The van der Waals surface area contributed by atoms with E-state index in [1.165, 1.54) is 13.5 Å². The standard InChI is InChI=1S/C12H21NO3S/c1-13(8-5-7-11(14)16-2)12(15)10-6-3-4-9-17-10/h10H,3-9H2,1-2H3. The first kappa shape index (κ1) is 14.4. The summed E-state index contributed by atoms with van der Waals surface area (Å²) >= 11 is 1.76. The summed E-state index contributed by atoms with van der Waals surface area (Å²) in [5.74, 6) is 1.09. The lowest BCUT2D eigenvalue weighted by Gasteiger charge is -2.25. The number of esters is 1. The van der Waals surface area contributed by atoms with Crippen molar-refractivity contribution in [1.29, 1.82) is 0 Å². The summed E-state index contributed by atoms with van der Waals surface area (Å²) in [4.78, 5) is 24.7. The summed E-state index contributed by atoms with van der Waals surface area (Å²) in [5.41, 5.74) is 0. The number of amides is 1. The van der Waals surface area contributed by atoms with Crippen LogP contribution in [-0.2, 0) is 14.3 Å². The second-order valence-electron chi connectivity index (χ2n) is 4.29. The molecule has 0 aromatic heterocycles. The summed E-state index contributed by atoms with van der Waals surface area (Å²) in [6.45, 7) is 0.630. The first-order chi connectivity index (χ1) is 8.15. The van der Waals surface area contributed by atoms with Crippen molar-refractivity contribution in [1.82, 2.24) is 4.90 Å². The number of hydrogen-bond acceptors (Lipinski definition) is 4. The molecule has 4 nitrogen and oxygen atoms in total. The third-order valence-corrected chi connectivity index (χ3v) is 4.30. The number of hydrogen-bond donors (Lipinski definition) is 0. The van der Waals surface area contributed by atoms with Crippen LogP contribution in [0.4, 0.5) is 0 Å². The molecule has 5 heteroatoms. The van der Waals surface area contributed by atoms with Gasteiger partial charge in [0.15, 0.2) is 0 Å². The Morgan fingerprint density at radius 2 is 2.18 bits per heavy atom. The molecule has 1 saturated heterocycles. The molecule has 1 heterocycles. The van der Waals surface area contributed by atoms with Crippen molar-refractivity contribution in [2.45, 2.75) is 37.4 Å². The molecule has 1 atom stereocenters. The molecule has 0 radical (unpaired) electrons. The molecule has 0 spiro atoms. The van der Waals surface area contributed by atoms with Gasteiger partial charge in [0.1, 0.15) is 0 Å². The Morgan fingerprint density at radius 1 is 1.41 bits per heavy atom. The molecule has 0 bridgehead atoms. The van der Waals surface area contributed by atoms with Gasteiger partial charge >= 0.3 is 5.97 Å². The maximum Gasteiger partial charge on any atom is 0.305 e. The van der Waals surface area contributed by atoms with Crippen molar-refractivity contribution < 1.29 is 14.3 Å². The topological polar surface area (TPSA) is 46.6 Å².